The molecule has 1 amide bonds. The first-order valence-electron chi connectivity index (χ1n) is 8.17. The van der Waals surface area contributed by atoms with E-state index in [1.165, 1.54) is 19.2 Å². The first-order chi connectivity index (χ1) is 11.8. The van der Waals surface area contributed by atoms with E-state index >= 15 is 0 Å². The lowest BCUT2D eigenvalue weighted by molar-refractivity contribution is 0.0946. The monoisotopic (exact) mass is 345 g/mol. The van der Waals surface area contributed by atoms with E-state index in [0.717, 1.165) is 17.4 Å². The molecule has 4 nitrogen and oxygen atoms in total. The van der Waals surface area contributed by atoms with Crippen molar-refractivity contribution in [2.24, 2.45) is 0 Å². The number of hydrogen-bond acceptors (Lipinski definition) is 3. The zero-order valence-corrected chi connectivity index (χ0v) is 15.1. The molecule has 2 rings (SSSR count). The van der Waals surface area contributed by atoms with Crippen LogP contribution in [0.2, 0.25) is 0 Å². The van der Waals surface area contributed by atoms with Gasteiger partial charge in [-0.05, 0) is 35.2 Å². The summed E-state index contributed by atoms with van der Waals surface area (Å²) in [5.74, 6) is -0.00169. The van der Waals surface area contributed by atoms with Crippen LogP contribution in [0.25, 0.3) is 0 Å². The Balaban J connectivity index is 1.90. The number of ether oxygens (including phenoxy) is 2. The van der Waals surface area contributed by atoms with Crippen LogP contribution >= 0.6 is 0 Å². The summed E-state index contributed by atoms with van der Waals surface area (Å²) in [5, 5.41) is 2.72. The average molecular weight is 345 g/mol. The molecule has 0 aromatic heterocycles. The minimum Gasteiger partial charge on any atom is -0.494 e. The molecule has 25 heavy (non-hydrogen) atoms. The predicted octanol–water partition coefficient (Wildman–Crippen LogP) is 3.94. The molecule has 1 N–H and O–H groups in total. The van der Waals surface area contributed by atoms with E-state index in [0.29, 0.717) is 13.2 Å². The van der Waals surface area contributed by atoms with Crippen molar-refractivity contribution in [1.82, 2.24) is 5.32 Å². The third kappa shape index (κ3) is 4.95. The number of halogens is 1. The van der Waals surface area contributed by atoms with E-state index in [1.54, 1.807) is 0 Å². The maximum Gasteiger partial charge on any atom is 0.251 e. The van der Waals surface area contributed by atoms with Gasteiger partial charge in [0.2, 0.25) is 0 Å². The van der Waals surface area contributed by atoms with Crippen molar-refractivity contribution in [2.75, 3.05) is 20.3 Å². The van der Waals surface area contributed by atoms with Gasteiger partial charge in [-0.15, -0.1) is 0 Å². The number of para-hydroxylation sites is 1. The van der Waals surface area contributed by atoms with E-state index in [4.69, 9.17) is 9.47 Å². The highest BCUT2D eigenvalue weighted by Crippen LogP contribution is 2.30. The van der Waals surface area contributed by atoms with Crippen LogP contribution in [0.1, 0.15) is 36.7 Å². The molecule has 5 heteroatoms. The van der Waals surface area contributed by atoms with Gasteiger partial charge in [-0.2, -0.15) is 0 Å². The van der Waals surface area contributed by atoms with Gasteiger partial charge in [-0.25, -0.2) is 4.39 Å². The fraction of sp³-hybridized carbons (Fsp3) is 0.350. The molecule has 0 unspecified atom stereocenters. The summed E-state index contributed by atoms with van der Waals surface area (Å²) in [6.45, 7) is 7.02. The molecule has 2 aromatic carbocycles. The lowest BCUT2D eigenvalue weighted by Crippen LogP contribution is -2.28. The summed E-state index contributed by atoms with van der Waals surface area (Å²) < 4.78 is 24.3. The maximum atomic E-state index is 13.6. The SMILES string of the molecule is COc1ccc(C(=O)NCCOc2ccccc2C(C)(C)C)cc1F. The number of carbonyl (C=O) groups excluding carboxylic acids is 1. The summed E-state index contributed by atoms with van der Waals surface area (Å²) in [4.78, 5) is 12.1. The van der Waals surface area contributed by atoms with Gasteiger partial charge in [0.15, 0.2) is 11.6 Å². The van der Waals surface area contributed by atoms with Crippen LogP contribution in [-0.4, -0.2) is 26.2 Å². The third-order valence-electron chi connectivity index (χ3n) is 3.75. The zero-order chi connectivity index (χ0) is 18.4. The molecule has 0 radical (unpaired) electrons. The zero-order valence-electron chi connectivity index (χ0n) is 15.1. The van der Waals surface area contributed by atoms with Crippen LogP contribution in [0.15, 0.2) is 42.5 Å². The normalized spacial score (nSPS) is 11.1. The van der Waals surface area contributed by atoms with Crippen LogP contribution < -0.4 is 14.8 Å². The Morgan fingerprint density at radius 1 is 1.12 bits per heavy atom. The summed E-state index contributed by atoms with van der Waals surface area (Å²) in [5.41, 5.74) is 1.33. The Morgan fingerprint density at radius 3 is 2.48 bits per heavy atom. The molecule has 0 bridgehead atoms. The summed E-state index contributed by atoms with van der Waals surface area (Å²) in [7, 11) is 1.38. The first kappa shape index (κ1) is 18.8. The molecule has 134 valence electrons. The predicted molar refractivity (Wildman–Crippen MR) is 95.9 cm³/mol. The number of methoxy groups -OCH3 is 1. The molecule has 2 aromatic rings. The largest absolute Gasteiger partial charge is 0.494 e. The smallest absolute Gasteiger partial charge is 0.251 e. The summed E-state index contributed by atoms with van der Waals surface area (Å²) >= 11 is 0. The minimum absolute atomic E-state index is 0.0273. The lowest BCUT2D eigenvalue weighted by atomic mass is 9.86. The van der Waals surface area contributed by atoms with Crippen molar-refractivity contribution < 1.29 is 18.7 Å². The van der Waals surface area contributed by atoms with Crippen LogP contribution in [0.4, 0.5) is 4.39 Å². The quantitative estimate of drug-likeness (QED) is 0.807. The molecule has 0 spiro atoms. The van der Waals surface area contributed by atoms with E-state index in [1.807, 2.05) is 24.3 Å². The number of rotatable bonds is 6. The van der Waals surface area contributed by atoms with Gasteiger partial charge in [0.1, 0.15) is 12.4 Å². The van der Waals surface area contributed by atoms with E-state index in [-0.39, 0.29) is 22.6 Å². The highest BCUT2D eigenvalue weighted by molar-refractivity contribution is 5.94. The highest BCUT2D eigenvalue weighted by Gasteiger charge is 2.18. The average Bonchev–Trinajstić information content (AvgIpc) is 2.58. The van der Waals surface area contributed by atoms with Gasteiger partial charge in [0.05, 0.1) is 13.7 Å². The van der Waals surface area contributed by atoms with Crippen molar-refractivity contribution in [1.29, 1.82) is 0 Å². The second-order valence-corrected chi connectivity index (χ2v) is 6.70. The van der Waals surface area contributed by atoms with Gasteiger partial charge in [-0.3, -0.25) is 4.79 Å². The van der Waals surface area contributed by atoms with Gasteiger partial charge in [-0.1, -0.05) is 39.0 Å². The lowest BCUT2D eigenvalue weighted by Gasteiger charge is -2.22. The van der Waals surface area contributed by atoms with Gasteiger partial charge < -0.3 is 14.8 Å². The van der Waals surface area contributed by atoms with Crippen LogP contribution in [0.3, 0.4) is 0 Å². The second kappa shape index (κ2) is 8.01. The Morgan fingerprint density at radius 2 is 1.84 bits per heavy atom. The van der Waals surface area contributed by atoms with Gasteiger partial charge in [0.25, 0.3) is 5.91 Å². The van der Waals surface area contributed by atoms with Crippen LogP contribution in [-0.2, 0) is 5.41 Å². The molecular formula is C20H24FNO3. The minimum atomic E-state index is -0.564. The molecule has 0 saturated carbocycles. The molecule has 0 fully saturated rings. The number of carbonyl (C=O) groups is 1. The standard InChI is InChI=1S/C20H24FNO3/c1-20(2,3)15-7-5-6-8-17(15)25-12-11-22-19(23)14-9-10-18(24-4)16(21)13-14/h5-10,13H,11-12H2,1-4H3,(H,22,23). The van der Waals surface area contributed by atoms with Crippen molar-refractivity contribution in [3.63, 3.8) is 0 Å². The van der Waals surface area contributed by atoms with E-state index < -0.39 is 5.82 Å². The highest BCUT2D eigenvalue weighted by atomic mass is 19.1. The number of benzene rings is 2. The third-order valence-corrected chi connectivity index (χ3v) is 3.75. The van der Waals surface area contributed by atoms with Crippen molar-refractivity contribution in [3.05, 3.63) is 59.4 Å². The Hall–Kier alpha value is -2.56. The summed E-state index contributed by atoms with van der Waals surface area (Å²) in [6.07, 6.45) is 0. The molecule has 0 aliphatic heterocycles. The second-order valence-electron chi connectivity index (χ2n) is 6.70. The van der Waals surface area contributed by atoms with Crippen LogP contribution in [0, 0.1) is 5.82 Å². The molecule has 0 heterocycles. The van der Waals surface area contributed by atoms with Crippen LogP contribution in [0.5, 0.6) is 11.5 Å². The molecular weight excluding hydrogens is 321 g/mol. The molecule has 0 aliphatic carbocycles. The van der Waals surface area contributed by atoms with Crippen molar-refractivity contribution in [2.45, 2.75) is 26.2 Å². The number of hydrogen-bond donors (Lipinski definition) is 1. The molecule has 0 saturated heterocycles. The molecule has 0 atom stereocenters. The fourth-order valence-corrected chi connectivity index (χ4v) is 2.45. The maximum absolute atomic E-state index is 13.6. The number of amides is 1. The topological polar surface area (TPSA) is 47.6 Å². The van der Waals surface area contributed by atoms with Crippen molar-refractivity contribution in [3.8, 4) is 11.5 Å². The Labute approximate surface area is 148 Å². The van der Waals surface area contributed by atoms with E-state index in [9.17, 15) is 9.18 Å². The van der Waals surface area contributed by atoms with Crippen molar-refractivity contribution >= 4 is 5.91 Å². The molecule has 0 aliphatic rings. The summed E-state index contributed by atoms with van der Waals surface area (Å²) in [6, 6.07) is 12.0. The Kier molecular flexibility index (Phi) is 6.02. The first-order valence-corrected chi connectivity index (χ1v) is 8.17. The number of nitrogens with one attached hydrogen (secondary N) is 1. The van der Waals surface area contributed by atoms with Gasteiger partial charge >= 0.3 is 0 Å². The fourth-order valence-electron chi connectivity index (χ4n) is 2.45. The van der Waals surface area contributed by atoms with Gasteiger partial charge in [0, 0.05) is 5.56 Å². The Bertz CT molecular complexity index is 738. The van der Waals surface area contributed by atoms with E-state index in [2.05, 4.69) is 26.1 Å².